The van der Waals surface area contributed by atoms with Crippen molar-refractivity contribution in [1.82, 2.24) is 4.98 Å². The number of hydrogen-bond acceptors (Lipinski definition) is 5. The second kappa shape index (κ2) is 6.38. The Morgan fingerprint density at radius 2 is 2.20 bits per heavy atom. The van der Waals surface area contributed by atoms with Crippen molar-refractivity contribution in [3.8, 4) is 0 Å². The van der Waals surface area contributed by atoms with Gasteiger partial charge in [0.05, 0.1) is 18.4 Å². The molecule has 0 spiro atoms. The molecule has 0 amide bonds. The van der Waals surface area contributed by atoms with E-state index in [1.165, 1.54) is 31.1 Å². The van der Waals surface area contributed by atoms with Crippen molar-refractivity contribution < 1.29 is 13.9 Å². The summed E-state index contributed by atoms with van der Waals surface area (Å²) in [4.78, 5) is 15.9. The zero-order chi connectivity index (χ0) is 14.5. The first kappa shape index (κ1) is 14.3. The lowest BCUT2D eigenvalue weighted by atomic mass is 10.2. The van der Waals surface area contributed by atoms with E-state index in [1.54, 1.807) is 24.3 Å². The van der Waals surface area contributed by atoms with E-state index in [0.29, 0.717) is 21.9 Å². The molecule has 0 fully saturated rings. The van der Waals surface area contributed by atoms with Crippen LogP contribution in [0.2, 0.25) is 0 Å². The maximum Gasteiger partial charge on any atom is 0.339 e. The van der Waals surface area contributed by atoms with Gasteiger partial charge in [-0.05, 0) is 30.3 Å². The Hall–Kier alpha value is -2.08. The largest absolute Gasteiger partial charge is 0.465 e. The Balaban J connectivity index is 2.02. The smallest absolute Gasteiger partial charge is 0.339 e. The molecule has 0 radical (unpaired) electrons. The molecule has 0 bridgehead atoms. The molecule has 2 rings (SSSR count). The molecule has 0 saturated heterocycles. The summed E-state index contributed by atoms with van der Waals surface area (Å²) in [6, 6.07) is 7.93. The Morgan fingerprint density at radius 3 is 2.80 bits per heavy atom. The fraction of sp³-hybridized carbons (Fsp3) is 0.143. The van der Waals surface area contributed by atoms with Crippen molar-refractivity contribution in [2.75, 3.05) is 12.8 Å². The maximum absolute atomic E-state index is 13.6. The van der Waals surface area contributed by atoms with E-state index in [-0.39, 0.29) is 5.82 Å². The number of pyridine rings is 1. The number of anilines is 1. The first-order chi connectivity index (χ1) is 9.60. The minimum atomic E-state index is -0.429. The molecule has 1 aromatic heterocycles. The third-order valence-corrected chi connectivity index (χ3v) is 3.66. The van der Waals surface area contributed by atoms with Crippen LogP contribution in [-0.4, -0.2) is 18.1 Å². The third kappa shape index (κ3) is 3.48. The van der Waals surface area contributed by atoms with Crippen molar-refractivity contribution in [2.45, 2.75) is 10.6 Å². The number of nitrogens with zero attached hydrogens (tertiary/aromatic N) is 1. The number of benzene rings is 1. The van der Waals surface area contributed by atoms with Crippen LogP contribution >= 0.6 is 11.8 Å². The topological polar surface area (TPSA) is 65.2 Å². The van der Waals surface area contributed by atoms with Gasteiger partial charge in [0.15, 0.2) is 0 Å². The van der Waals surface area contributed by atoms with Gasteiger partial charge in [0.25, 0.3) is 0 Å². The quantitative estimate of drug-likeness (QED) is 0.533. The molecule has 6 heteroatoms. The van der Waals surface area contributed by atoms with Crippen LogP contribution in [0.25, 0.3) is 0 Å². The monoisotopic (exact) mass is 292 g/mol. The zero-order valence-electron chi connectivity index (χ0n) is 10.8. The van der Waals surface area contributed by atoms with Gasteiger partial charge in [0.2, 0.25) is 0 Å². The average Bonchev–Trinajstić information content (AvgIpc) is 2.46. The highest BCUT2D eigenvalue weighted by Gasteiger charge is 2.07. The number of ether oxygens (including phenoxy) is 1. The van der Waals surface area contributed by atoms with Crippen LogP contribution in [0.5, 0.6) is 0 Å². The van der Waals surface area contributed by atoms with Gasteiger partial charge in [-0.25, -0.2) is 9.18 Å². The van der Waals surface area contributed by atoms with E-state index in [1.807, 2.05) is 0 Å². The molecule has 0 atom stereocenters. The summed E-state index contributed by atoms with van der Waals surface area (Å²) >= 11 is 1.32. The first-order valence-corrected chi connectivity index (χ1v) is 6.80. The normalized spacial score (nSPS) is 10.3. The summed E-state index contributed by atoms with van der Waals surface area (Å²) in [7, 11) is 1.32. The summed E-state index contributed by atoms with van der Waals surface area (Å²) in [6.07, 6.45) is 1.45. The molecular weight excluding hydrogens is 279 g/mol. The SMILES string of the molecule is COC(=O)c1ccc(CSc2ccc(N)cc2F)nc1. The summed E-state index contributed by atoms with van der Waals surface area (Å²) in [6.45, 7) is 0. The number of methoxy groups -OCH3 is 1. The number of hydrogen-bond donors (Lipinski definition) is 1. The van der Waals surface area contributed by atoms with Crippen LogP contribution in [0.3, 0.4) is 0 Å². The van der Waals surface area contributed by atoms with Gasteiger partial charge in [0, 0.05) is 22.5 Å². The number of aromatic nitrogens is 1. The molecule has 2 aromatic rings. The number of carbonyl (C=O) groups excluding carboxylic acids is 1. The molecule has 1 heterocycles. The van der Waals surface area contributed by atoms with Crippen molar-refractivity contribution in [1.29, 1.82) is 0 Å². The highest BCUT2D eigenvalue weighted by atomic mass is 32.2. The molecule has 1 aromatic carbocycles. The minimum Gasteiger partial charge on any atom is -0.465 e. The molecule has 0 aliphatic rings. The van der Waals surface area contributed by atoms with Gasteiger partial charge in [-0.1, -0.05) is 0 Å². The number of carbonyl (C=O) groups is 1. The van der Waals surface area contributed by atoms with Crippen LogP contribution in [0, 0.1) is 5.82 Å². The van der Waals surface area contributed by atoms with Gasteiger partial charge in [-0.3, -0.25) is 4.98 Å². The fourth-order valence-electron chi connectivity index (χ4n) is 1.53. The van der Waals surface area contributed by atoms with Crippen molar-refractivity contribution in [2.24, 2.45) is 0 Å². The lowest BCUT2D eigenvalue weighted by molar-refractivity contribution is 0.0600. The number of esters is 1. The second-order valence-corrected chi connectivity index (χ2v) is 5.03. The Bertz CT molecular complexity index is 617. The van der Waals surface area contributed by atoms with Gasteiger partial charge < -0.3 is 10.5 Å². The summed E-state index contributed by atoms with van der Waals surface area (Å²) < 4.78 is 18.2. The van der Waals surface area contributed by atoms with Crippen molar-refractivity contribution in [3.05, 3.63) is 53.6 Å². The van der Waals surface area contributed by atoms with E-state index in [4.69, 9.17) is 5.73 Å². The van der Waals surface area contributed by atoms with Crippen LogP contribution in [-0.2, 0) is 10.5 Å². The minimum absolute atomic E-state index is 0.346. The second-order valence-electron chi connectivity index (χ2n) is 4.01. The number of halogens is 1. The standard InChI is InChI=1S/C14H13FN2O2S/c1-19-14(18)9-2-4-11(17-7-9)8-20-13-5-3-10(16)6-12(13)15/h2-7H,8,16H2,1H3. The Morgan fingerprint density at radius 1 is 1.40 bits per heavy atom. The fourth-order valence-corrected chi connectivity index (χ4v) is 2.37. The molecule has 0 aliphatic heterocycles. The molecule has 2 N–H and O–H groups in total. The number of nitrogen functional groups attached to an aromatic ring is 1. The van der Waals surface area contributed by atoms with Crippen molar-refractivity contribution >= 4 is 23.4 Å². The summed E-state index contributed by atoms with van der Waals surface area (Å²) in [5.41, 5.74) is 7.02. The predicted octanol–water partition coefficient (Wildman–Crippen LogP) is 2.88. The van der Waals surface area contributed by atoms with Crippen molar-refractivity contribution in [3.63, 3.8) is 0 Å². The Kier molecular flexibility index (Phi) is 4.57. The molecular formula is C14H13FN2O2S. The number of rotatable bonds is 4. The van der Waals surface area contributed by atoms with E-state index in [0.717, 1.165) is 5.69 Å². The molecule has 0 aliphatic carbocycles. The lowest BCUT2D eigenvalue weighted by Crippen LogP contribution is -2.02. The van der Waals surface area contributed by atoms with Crippen LogP contribution in [0.15, 0.2) is 41.4 Å². The molecule has 104 valence electrons. The van der Waals surface area contributed by atoms with E-state index in [9.17, 15) is 9.18 Å². The van der Waals surface area contributed by atoms with Crippen LogP contribution in [0.1, 0.15) is 16.1 Å². The average molecular weight is 292 g/mol. The van der Waals surface area contributed by atoms with Gasteiger partial charge in [0.1, 0.15) is 5.82 Å². The predicted molar refractivity (Wildman–Crippen MR) is 75.9 cm³/mol. The molecule has 0 saturated carbocycles. The van der Waals surface area contributed by atoms with Gasteiger partial charge in [-0.2, -0.15) is 0 Å². The molecule has 4 nitrogen and oxygen atoms in total. The summed E-state index contributed by atoms with van der Waals surface area (Å²) in [5.74, 6) is -0.273. The molecule has 20 heavy (non-hydrogen) atoms. The van der Waals surface area contributed by atoms with Crippen LogP contribution in [0.4, 0.5) is 10.1 Å². The molecule has 0 unspecified atom stereocenters. The zero-order valence-corrected chi connectivity index (χ0v) is 11.6. The van der Waals surface area contributed by atoms with Gasteiger partial charge in [-0.15, -0.1) is 11.8 Å². The Labute approximate surface area is 120 Å². The number of nitrogens with two attached hydrogens (primary N) is 1. The third-order valence-electron chi connectivity index (χ3n) is 2.58. The highest BCUT2D eigenvalue weighted by Crippen LogP contribution is 2.26. The lowest BCUT2D eigenvalue weighted by Gasteiger charge is -2.04. The summed E-state index contributed by atoms with van der Waals surface area (Å²) in [5, 5.41) is 0. The number of thioether (sulfide) groups is 1. The van der Waals surface area contributed by atoms with Gasteiger partial charge >= 0.3 is 5.97 Å². The van der Waals surface area contributed by atoms with E-state index in [2.05, 4.69) is 9.72 Å². The van der Waals surface area contributed by atoms with Crippen LogP contribution < -0.4 is 5.73 Å². The van der Waals surface area contributed by atoms with E-state index < -0.39 is 5.97 Å². The first-order valence-electron chi connectivity index (χ1n) is 5.81. The maximum atomic E-state index is 13.6. The van der Waals surface area contributed by atoms with E-state index >= 15 is 0 Å². The highest BCUT2D eigenvalue weighted by molar-refractivity contribution is 7.98.